The molecule has 1 aliphatic rings. The van der Waals surface area contributed by atoms with Crippen LogP contribution >= 0.6 is 0 Å². The van der Waals surface area contributed by atoms with E-state index < -0.39 is 0 Å². The molecule has 0 spiro atoms. The van der Waals surface area contributed by atoms with Crippen LogP contribution in [0.15, 0.2) is 0 Å². The number of aliphatic hydroxyl groups excluding tert-OH is 1. The van der Waals surface area contributed by atoms with E-state index in [1.54, 1.807) is 0 Å². The maximum absolute atomic E-state index is 9.50. The Hall–Kier alpha value is -0.0800. The van der Waals surface area contributed by atoms with Crippen molar-refractivity contribution in [3.05, 3.63) is 0 Å². The summed E-state index contributed by atoms with van der Waals surface area (Å²) in [7, 11) is 0. The number of hydrogen-bond acceptors (Lipinski definition) is 2. The van der Waals surface area contributed by atoms with Crippen LogP contribution in [0.25, 0.3) is 0 Å². The van der Waals surface area contributed by atoms with E-state index >= 15 is 0 Å². The van der Waals surface area contributed by atoms with Crippen molar-refractivity contribution in [3.63, 3.8) is 0 Å². The Balaban J connectivity index is 2.40. The fourth-order valence-electron chi connectivity index (χ4n) is 2.31. The van der Waals surface area contributed by atoms with Crippen molar-refractivity contribution in [1.29, 1.82) is 0 Å². The quantitative estimate of drug-likeness (QED) is 0.650. The fraction of sp³-hybridized carbons (Fsp3) is 1.00. The predicted octanol–water partition coefficient (Wildman–Crippen LogP) is 2.71. The van der Waals surface area contributed by atoms with Crippen molar-refractivity contribution in [2.75, 3.05) is 6.61 Å². The van der Waals surface area contributed by atoms with Crippen LogP contribution in [0.5, 0.6) is 0 Å². The van der Waals surface area contributed by atoms with E-state index in [0.717, 1.165) is 0 Å². The summed E-state index contributed by atoms with van der Waals surface area (Å²) >= 11 is 0. The molecule has 1 fully saturated rings. The first kappa shape index (κ1) is 13.0. The van der Waals surface area contributed by atoms with Crippen LogP contribution in [-0.4, -0.2) is 23.3 Å². The zero-order valence-electron chi connectivity index (χ0n) is 10.6. The Morgan fingerprint density at radius 2 is 2.07 bits per heavy atom. The second-order valence-electron chi connectivity index (χ2n) is 5.24. The summed E-state index contributed by atoms with van der Waals surface area (Å²) in [5.41, 5.74) is -0.0194. The van der Waals surface area contributed by atoms with E-state index in [9.17, 15) is 5.11 Å². The normalized spacial score (nSPS) is 22.4. The zero-order chi connectivity index (χ0) is 11.3. The van der Waals surface area contributed by atoms with Crippen molar-refractivity contribution in [2.24, 2.45) is 5.92 Å². The molecule has 0 aromatic carbocycles. The molecule has 90 valence electrons. The van der Waals surface area contributed by atoms with E-state index in [2.05, 4.69) is 26.1 Å². The van der Waals surface area contributed by atoms with Crippen LogP contribution in [0, 0.1) is 5.92 Å². The molecule has 2 unspecified atom stereocenters. The SMILES string of the molecule is CCCCC(CC)NC(C)(CO)C1CC1. The average molecular weight is 213 g/mol. The first-order valence-corrected chi connectivity index (χ1v) is 6.54. The third-order valence-electron chi connectivity index (χ3n) is 3.74. The Bertz CT molecular complexity index is 179. The van der Waals surface area contributed by atoms with E-state index in [-0.39, 0.29) is 12.1 Å². The van der Waals surface area contributed by atoms with Gasteiger partial charge in [-0.05, 0) is 38.5 Å². The van der Waals surface area contributed by atoms with Gasteiger partial charge in [0.25, 0.3) is 0 Å². The van der Waals surface area contributed by atoms with E-state index in [1.165, 1.54) is 38.5 Å². The summed E-state index contributed by atoms with van der Waals surface area (Å²) in [6.45, 7) is 6.93. The van der Waals surface area contributed by atoms with Crippen molar-refractivity contribution in [2.45, 2.75) is 70.9 Å². The molecule has 0 bridgehead atoms. The summed E-state index contributed by atoms with van der Waals surface area (Å²) in [6, 6.07) is 0.586. The summed E-state index contributed by atoms with van der Waals surface area (Å²) in [5, 5.41) is 13.2. The lowest BCUT2D eigenvalue weighted by Crippen LogP contribution is -2.52. The number of aliphatic hydroxyl groups is 1. The molecular formula is C13H27NO. The first-order chi connectivity index (χ1) is 7.16. The van der Waals surface area contributed by atoms with Crippen LogP contribution < -0.4 is 5.32 Å². The number of nitrogens with one attached hydrogen (secondary N) is 1. The van der Waals surface area contributed by atoms with Crippen molar-refractivity contribution < 1.29 is 5.11 Å². The van der Waals surface area contributed by atoms with E-state index in [0.29, 0.717) is 12.0 Å². The molecule has 0 aliphatic heterocycles. The molecule has 0 amide bonds. The molecule has 1 aliphatic carbocycles. The van der Waals surface area contributed by atoms with Gasteiger partial charge in [-0.25, -0.2) is 0 Å². The van der Waals surface area contributed by atoms with Gasteiger partial charge in [0.05, 0.1) is 6.61 Å². The van der Waals surface area contributed by atoms with Gasteiger partial charge in [-0.3, -0.25) is 0 Å². The second-order valence-corrected chi connectivity index (χ2v) is 5.24. The molecule has 0 saturated heterocycles. The molecule has 1 rings (SSSR count). The molecular weight excluding hydrogens is 186 g/mol. The predicted molar refractivity (Wildman–Crippen MR) is 65.0 cm³/mol. The molecule has 0 heterocycles. The third-order valence-corrected chi connectivity index (χ3v) is 3.74. The topological polar surface area (TPSA) is 32.3 Å². The lowest BCUT2D eigenvalue weighted by molar-refractivity contribution is 0.138. The standard InChI is InChI=1S/C13H27NO/c1-4-6-7-12(5-2)14-13(3,10-15)11-8-9-11/h11-12,14-15H,4-10H2,1-3H3. The van der Waals surface area contributed by atoms with Gasteiger partial charge < -0.3 is 10.4 Å². The van der Waals surface area contributed by atoms with Crippen molar-refractivity contribution in [3.8, 4) is 0 Å². The number of unbranched alkanes of at least 4 members (excludes halogenated alkanes) is 1. The van der Waals surface area contributed by atoms with Crippen LogP contribution in [0.1, 0.15) is 59.3 Å². The Morgan fingerprint density at radius 3 is 2.47 bits per heavy atom. The van der Waals surface area contributed by atoms with Crippen molar-refractivity contribution >= 4 is 0 Å². The van der Waals surface area contributed by atoms with Crippen molar-refractivity contribution in [1.82, 2.24) is 5.32 Å². The second kappa shape index (κ2) is 5.86. The van der Waals surface area contributed by atoms with Crippen LogP contribution in [-0.2, 0) is 0 Å². The highest BCUT2D eigenvalue weighted by atomic mass is 16.3. The monoisotopic (exact) mass is 213 g/mol. The minimum absolute atomic E-state index is 0.0194. The van der Waals surface area contributed by atoms with Gasteiger partial charge in [0.1, 0.15) is 0 Å². The Kier molecular flexibility index (Phi) is 5.07. The summed E-state index contributed by atoms with van der Waals surface area (Å²) in [6.07, 6.45) is 7.54. The maximum Gasteiger partial charge on any atom is 0.0613 e. The Labute approximate surface area is 94.5 Å². The van der Waals surface area contributed by atoms with Gasteiger partial charge in [-0.15, -0.1) is 0 Å². The smallest absolute Gasteiger partial charge is 0.0613 e. The lowest BCUT2D eigenvalue weighted by atomic mass is 9.94. The van der Waals surface area contributed by atoms with E-state index in [1.807, 2.05) is 0 Å². The Morgan fingerprint density at radius 1 is 1.40 bits per heavy atom. The van der Waals surface area contributed by atoms with Gasteiger partial charge in [-0.2, -0.15) is 0 Å². The van der Waals surface area contributed by atoms with Crippen LogP contribution in [0.3, 0.4) is 0 Å². The molecule has 2 nitrogen and oxygen atoms in total. The van der Waals surface area contributed by atoms with Crippen LogP contribution in [0.4, 0.5) is 0 Å². The first-order valence-electron chi connectivity index (χ1n) is 6.54. The van der Waals surface area contributed by atoms with Gasteiger partial charge in [0.15, 0.2) is 0 Å². The highest BCUT2D eigenvalue weighted by Gasteiger charge is 2.41. The van der Waals surface area contributed by atoms with Gasteiger partial charge in [-0.1, -0.05) is 26.7 Å². The van der Waals surface area contributed by atoms with Gasteiger partial charge >= 0.3 is 0 Å². The fourth-order valence-corrected chi connectivity index (χ4v) is 2.31. The molecule has 0 aromatic heterocycles. The summed E-state index contributed by atoms with van der Waals surface area (Å²) < 4.78 is 0. The number of hydrogen-bond donors (Lipinski definition) is 2. The average Bonchev–Trinajstić information content (AvgIpc) is 3.07. The summed E-state index contributed by atoms with van der Waals surface area (Å²) in [4.78, 5) is 0. The largest absolute Gasteiger partial charge is 0.394 e. The van der Waals surface area contributed by atoms with Crippen LogP contribution in [0.2, 0.25) is 0 Å². The molecule has 15 heavy (non-hydrogen) atoms. The molecule has 0 aromatic rings. The molecule has 2 N–H and O–H groups in total. The molecule has 0 radical (unpaired) electrons. The van der Waals surface area contributed by atoms with Gasteiger partial charge in [0, 0.05) is 11.6 Å². The summed E-state index contributed by atoms with van der Waals surface area (Å²) in [5.74, 6) is 0.707. The third kappa shape index (κ3) is 3.76. The maximum atomic E-state index is 9.50. The minimum atomic E-state index is -0.0194. The number of rotatable bonds is 8. The van der Waals surface area contributed by atoms with Gasteiger partial charge in [0.2, 0.25) is 0 Å². The molecule has 1 saturated carbocycles. The highest BCUT2D eigenvalue weighted by molar-refractivity contribution is 4.98. The minimum Gasteiger partial charge on any atom is -0.394 e. The highest BCUT2D eigenvalue weighted by Crippen LogP contribution is 2.39. The molecule has 2 heteroatoms. The lowest BCUT2D eigenvalue weighted by Gasteiger charge is -2.33. The zero-order valence-corrected chi connectivity index (χ0v) is 10.6. The van der Waals surface area contributed by atoms with E-state index in [4.69, 9.17) is 0 Å². The molecule has 2 atom stereocenters.